The summed E-state index contributed by atoms with van der Waals surface area (Å²) in [6.07, 6.45) is -11.9. The van der Waals surface area contributed by atoms with E-state index >= 15 is 0 Å². The molecule has 2 aromatic carbocycles. The first-order valence-electron chi connectivity index (χ1n) is 29.8. The SMILES string of the molecule is CO[C@H]1[C@@H](O)[C@H](O[C@H]2[C@@H](OC)C[C@H](O[C@H]3[C@@H](OC)C[C@H](O[C@H]4CC[C@@]5(C)C(=CC[C@@H]6[C@@H]5C[C@@H](OC(=O)c5ccccc5)[C@]5(C)[C@@H](C(C)OC(=O)c7ccccc7)CC[C@]65O)C4)O[C@@H]3C)O[C@@H]2C)O[C@H](C)[C@H]1O[C@@H]1O[C@H](CO)[C@@H](O)[C@H](O)[C@H]1O. The van der Waals surface area contributed by atoms with Crippen LogP contribution in [0.5, 0.6) is 0 Å². The van der Waals surface area contributed by atoms with Gasteiger partial charge in [-0.05, 0) is 114 Å². The monoisotopic (exact) mass is 1170 g/mol. The quantitative estimate of drug-likeness (QED) is 0.0938. The van der Waals surface area contributed by atoms with E-state index in [1.54, 1.807) is 57.5 Å². The van der Waals surface area contributed by atoms with Crippen molar-refractivity contribution in [2.45, 2.75) is 234 Å². The number of aliphatic hydroxyl groups excluding tert-OH is 5. The van der Waals surface area contributed by atoms with Gasteiger partial charge in [-0.25, -0.2) is 9.59 Å². The van der Waals surface area contributed by atoms with Crippen molar-refractivity contribution in [1.29, 1.82) is 0 Å². The molecule has 10 rings (SSSR count). The maximum absolute atomic E-state index is 14.1. The zero-order valence-electron chi connectivity index (χ0n) is 49.1. The molecule has 2 aromatic rings. The Morgan fingerprint density at radius 1 is 0.639 bits per heavy atom. The van der Waals surface area contributed by atoms with E-state index in [1.165, 1.54) is 12.7 Å². The minimum absolute atomic E-state index is 0.00960. The normalized spacial score (nSPS) is 45.7. The van der Waals surface area contributed by atoms with Gasteiger partial charge in [-0.2, -0.15) is 0 Å². The van der Waals surface area contributed by atoms with E-state index in [0.29, 0.717) is 49.7 Å². The molecule has 0 aromatic heterocycles. The number of benzene rings is 2. The van der Waals surface area contributed by atoms with Gasteiger partial charge in [0, 0.05) is 45.5 Å². The fraction of sp³-hybridized carbons (Fsp3) is 0.742. The Labute approximate surface area is 486 Å². The van der Waals surface area contributed by atoms with Crippen LogP contribution in [-0.2, 0) is 61.6 Å². The van der Waals surface area contributed by atoms with Gasteiger partial charge >= 0.3 is 11.9 Å². The number of allylic oxidation sites excluding steroid dienone is 1. The Balaban J connectivity index is 0.760. The maximum atomic E-state index is 14.1. The highest BCUT2D eigenvalue weighted by Gasteiger charge is 2.72. The average Bonchev–Trinajstić information content (AvgIpc) is 2.38. The van der Waals surface area contributed by atoms with Crippen LogP contribution in [-0.4, -0.2) is 205 Å². The summed E-state index contributed by atoms with van der Waals surface area (Å²) >= 11 is 0. The first kappa shape index (κ1) is 62.5. The number of aliphatic hydroxyl groups is 6. The molecule has 8 aliphatic rings. The molecule has 83 heavy (non-hydrogen) atoms. The molecule has 0 bridgehead atoms. The zero-order chi connectivity index (χ0) is 59.3. The highest BCUT2D eigenvalue weighted by Crippen LogP contribution is 2.69. The standard InChI is InChI=1S/C62H88O21/c1-31(76-56(68)35-16-12-10-13-17-35)39-23-25-62(70)40-21-20-37-26-38(22-24-60(37,5)41(40)27-45(61(39,62)6)80-57(69)36-18-14-11-15-19-36)78-46-28-42(71-7)52(32(2)74-46)81-47-29-43(72-8)53(33(3)75-47)82-59-51(67)55(73-9)54(34(4)77-59)83-58-50(66)49(65)48(64)44(30-63)79-58/h10-20,31-34,38-55,58-59,63-67,70H,21-30H2,1-9H3/t31?,32-,33-,34-,38+,39-,40-,41+,42+,43+,44-,45-,46+,47+,48-,49+,50-,51-,52-,53-,54-,55+,58+,59+,60+,61+,62+/m1/s1. The predicted octanol–water partition coefficient (Wildman–Crippen LogP) is 4.52. The fourth-order valence-electron chi connectivity index (χ4n) is 15.8. The third kappa shape index (κ3) is 11.9. The number of fused-ring (bicyclic) bond motifs is 5. The van der Waals surface area contributed by atoms with Gasteiger partial charge in [0.05, 0.1) is 60.0 Å². The molecule has 21 heteroatoms. The van der Waals surface area contributed by atoms with Crippen LogP contribution in [0.25, 0.3) is 0 Å². The van der Waals surface area contributed by atoms with Crippen LogP contribution in [0, 0.1) is 28.6 Å². The van der Waals surface area contributed by atoms with Gasteiger partial charge in [0.25, 0.3) is 0 Å². The Morgan fingerprint density at radius 2 is 1.22 bits per heavy atom. The number of ether oxygens (including phenoxy) is 13. The van der Waals surface area contributed by atoms with Crippen LogP contribution in [0.4, 0.5) is 0 Å². The van der Waals surface area contributed by atoms with Gasteiger partial charge in [-0.3, -0.25) is 0 Å². The predicted molar refractivity (Wildman–Crippen MR) is 293 cm³/mol. The molecule has 4 aliphatic heterocycles. The number of hydrogen-bond donors (Lipinski definition) is 6. The highest BCUT2D eigenvalue weighted by atomic mass is 16.8. The summed E-state index contributed by atoms with van der Waals surface area (Å²) < 4.78 is 81.2. The molecule has 3 saturated carbocycles. The summed E-state index contributed by atoms with van der Waals surface area (Å²) in [6.45, 7) is 11.0. The van der Waals surface area contributed by atoms with Crippen molar-refractivity contribution in [2.24, 2.45) is 28.6 Å². The molecule has 1 unspecified atom stereocenters. The number of carbonyl (C=O) groups is 2. The molecule has 462 valence electrons. The summed E-state index contributed by atoms with van der Waals surface area (Å²) in [6, 6.07) is 17.9. The van der Waals surface area contributed by atoms with E-state index in [4.69, 9.17) is 61.6 Å². The van der Waals surface area contributed by atoms with Crippen LogP contribution >= 0.6 is 0 Å². The zero-order valence-corrected chi connectivity index (χ0v) is 49.1. The lowest BCUT2D eigenvalue weighted by Crippen LogP contribution is -2.67. The summed E-state index contributed by atoms with van der Waals surface area (Å²) in [5.74, 6) is -1.29. The van der Waals surface area contributed by atoms with Crippen molar-refractivity contribution in [2.75, 3.05) is 27.9 Å². The Hall–Kier alpha value is -3.56. The Morgan fingerprint density at radius 3 is 1.83 bits per heavy atom. The van der Waals surface area contributed by atoms with Crippen LogP contribution < -0.4 is 0 Å². The molecule has 6 N–H and O–H groups in total. The minimum atomic E-state index is -1.67. The van der Waals surface area contributed by atoms with E-state index in [9.17, 15) is 40.2 Å². The van der Waals surface area contributed by atoms with Crippen LogP contribution in [0.1, 0.15) is 120 Å². The molecule has 27 atom stereocenters. The second-order valence-corrected chi connectivity index (χ2v) is 24.9. The number of methoxy groups -OCH3 is 3. The summed E-state index contributed by atoms with van der Waals surface area (Å²) in [7, 11) is 4.56. The second-order valence-electron chi connectivity index (χ2n) is 24.9. The fourth-order valence-corrected chi connectivity index (χ4v) is 15.8. The van der Waals surface area contributed by atoms with Gasteiger partial charge in [-0.15, -0.1) is 0 Å². The van der Waals surface area contributed by atoms with Crippen LogP contribution in [0.15, 0.2) is 72.3 Å². The first-order chi connectivity index (χ1) is 39.7. The van der Waals surface area contributed by atoms with Gasteiger partial charge in [0.1, 0.15) is 67.1 Å². The molecule has 7 fully saturated rings. The first-order valence-corrected chi connectivity index (χ1v) is 29.8. The molecule has 4 aliphatic carbocycles. The molecular weight excluding hydrogens is 1080 g/mol. The van der Waals surface area contributed by atoms with Gasteiger partial charge < -0.3 is 92.2 Å². The van der Waals surface area contributed by atoms with Gasteiger partial charge in [-0.1, -0.05) is 61.9 Å². The third-order valence-corrected chi connectivity index (χ3v) is 20.5. The summed E-state index contributed by atoms with van der Waals surface area (Å²) in [5.41, 5.74) is -0.301. The number of rotatable bonds is 17. The molecular formula is C62H88O21. The van der Waals surface area contributed by atoms with Gasteiger partial charge in [0.2, 0.25) is 0 Å². The smallest absolute Gasteiger partial charge is 0.338 e. The lowest BCUT2D eigenvalue weighted by Gasteiger charge is -2.63. The van der Waals surface area contributed by atoms with E-state index in [1.807, 2.05) is 45.0 Å². The molecule has 4 saturated heterocycles. The number of esters is 2. The van der Waals surface area contributed by atoms with E-state index in [-0.39, 0.29) is 35.7 Å². The molecule has 4 heterocycles. The Bertz CT molecular complexity index is 2520. The number of hydrogen-bond acceptors (Lipinski definition) is 21. The second kappa shape index (κ2) is 25.6. The molecule has 0 spiro atoms. The van der Waals surface area contributed by atoms with E-state index < -0.39 is 152 Å². The van der Waals surface area contributed by atoms with E-state index in [0.717, 1.165) is 12.8 Å². The van der Waals surface area contributed by atoms with Crippen molar-refractivity contribution in [3.63, 3.8) is 0 Å². The van der Waals surface area contributed by atoms with Gasteiger partial charge in [0.15, 0.2) is 25.2 Å². The van der Waals surface area contributed by atoms with Crippen molar-refractivity contribution in [3.05, 3.63) is 83.4 Å². The summed E-state index contributed by atoms with van der Waals surface area (Å²) in [4.78, 5) is 27.5. The van der Waals surface area contributed by atoms with Crippen LogP contribution in [0.2, 0.25) is 0 Å². The van der Waals surface area contributed by atoms with Crippen molar-refractivity contribution >= 4 is 11.9 Å². The Kier molecular flexibility index (Phi) is 19.3. The lowest BCUT2D eigenvalue weighted by molar-refractivity contribution is -0.373. The maximum Gasteiger partial charge on any atom is 0.338 e. The largest absolute Gasteiger partial charge is 0.459 e. The third-order valence-electron chi connectivity index (χ3n) is 20.5. The van der Waals surface area contributed by atoms with Crippen LogP contribution in [0.3, 0.4) is 0 Å². The molecule has 21 nitrogen and oxygen atoms in total. The summed E-state index contributed by atoms with van der Waals surface area (Å²) in [5, 5.41) is 65.9. The minimum Gasteiger partial charge on any atom is -0.459 e. The number of carbonyl (C=O) groups excluding carboxylic acids is 2. The lowest BCUT2D eigenvalue weighted by atomic mass is 9.44. The van der Waals surface area contributed by atoms with Crippen molar-refractivity contribution in [3.8, 4) is 0 Å². The van der Waals surface area contributed by atoms with Crippen molar-refractivity contribution < 1.29 is 102 Å². The topological polar surface area (TPSA) is 276 Å². The highest BCUT2D eigenvalue weighted by molar-refractivity contribution is 5.90. The molecule has 0 radical (unpaired) electrons. The average molecular weight is 1170 g/mol. The molecule has 0 amide bonds. The van der Waals surface area contributed by atoms with Crippen molar-refractivity contribution in [1.82, 2.24) is 0 Å². The van der Waals surface area contributed by atoms with E-state index in [2.05, 4.69) is 19.9 Å².